The van der Waals surface area contributed by atoms with E-state index >= 15 is 0 Å². The van der Waals surface area contributed by atoms with Crippen LogP contribution in [0.5, 0.6) is 0 Å². The number of nitrogens with zero attached hydrogens (tertiary/aromatic N) is 1. The maximum absolute atomic E-state index is 10.3. The van der Waals surface area contributed by atoms with E-state index < -0.39 is 0 Å². The number of rotatable bonds is 4. The van der Waals surface area contributed by atoms with Gasteiger partial charge in [0.15, 0.2) is 0 Å². The van der Waals surface area contributed by atoms with E-state index in [-0.39, 0.29) is 5.92 Å². The number of carbonyl (C=O) groups is 1. The summed E-state index contributed by atoms with van der Waals surface area (Å²) in [6.45, 7) is 3.92. The lowest BCUT2D eigenvalue weighted by Crippen LogP contribution is -1.98. The van der Waals surface area contributed by atoms with Crippen LogP contribution in [0.4, 0.5) is 0 Å². The molecule has 0 saturated carbocycles. The molecule has 0 N–H and O–H groups in total. The summed E-state index contributed by atoms with van der Waals surface area (Å²) in [4.78, 5) is 14.6. The van der Waals surface area contributed by atoms with Crippen LogP contribution in [0.2, 0.25) is 0 Å². The van der Waals surface area contributed by atoms with Crippen LogP contribution in [0, 0.1) is 12.8 Å². The van der Waals surface area contributed by atoms with Gasteiger partial charge in [-0.2, -0.15) is 0 Å². The predicted octanol–water partition coefficient (Wildman–Crippen LogP) is 2.32. The zero-order valence-electron chi connectivity index (χ0n) is 7.86. The molecule has 70 valence electrons. The number of thioether (sulfide) groups is 1. The SMILES string of the molecule is Cc1ccc(SCC(C)C=O)nc1. The van der Waals surface area contributed by atoms with Gasteiger partial charge in [0.1, 0.15) is 6.29 Å². The second kappa shape index (κ2) is 5.02. The Kier molecular flexibility index (Phi) is 3.96. The molecule has 0 aliphatic carbocycles. The van der Waals surface area contributed by atoms with Crippen LogP contribution >= 0.6 is 11.8 Å². The van der Waals surface area contributed by atoms with Crippen LogP contribution in [0.1, 0.15) is 12.5 Å². The van der Waals surface area contributed by atoms with Gasteiger partial charge >= 0.3 is 0 Å². The molecule has 3 heteroatoms. The molecule has 1 atom stereocenters. The molecule has 0 fully saturated rings. The topological polar surface area (TPSA) is 30.0 Å². The van der Waals surface area contributed by atoms with Crippen molar-refractivity contribution in [2.75, 3.05) is 5.75 Å². The van der Waals surface area contributed by atoms with E-state index in [2.05, 4.69) is 4.98 Å². The van der Waals surface area contributed by atoms with E-state index in [1.165, 1.54) is 0 Å². The molecule has 1 aromatic heterocycles. The number of aromatic nitrogens is 1. The summed E-state index contributed by atoms with van der Waals surface area (Å²) in [5.74, 6) is 0.910. The van der Waals surface area contributed by atoms with E-state index in [4.69, 9.17) is 0 Å². The molecule has 0 bridgehead atoms. The maximum atomic E-state index is 10.3. The Morgan fingerprint density at radius 3 is 2.92 bits per heavy atom. The van der Waals surface area contributed by atoms with Crippen molar-refractivity contribution < 1.29 is 4.79 Å². The van der Waals surface area contributed by atoms with Crippen LogP contribution in [0.3, 0.4) is 0 Å². The van der Waals surface area contributed by atoms with E-state index in [0.29, 0.717) is 0 Å². The summed E-state index contributed by atoms with van der Waals surface area (Å²) in [6, 6.07) is 4.01. The highest BCUT2D eigenvalue weighted by molar-refractivity contribution is 7.99. The maximum Gasteiger partial charge on any atom is 0.123 e. The van der Waals surface area contributed by atoms with Crippen molar-refractivity contribution in [3.05, 3.63) is 23.9 Å². The first-order valence-corrected chi connectivity index (χ1v) is 5.21. The van der Waals surface area contributed by atoms with Gasteiger partial charge in [-0.15, -0.1) is 11.8 Å². The number of pyridine rings is 1. The monoisotopic (exact) mass is 195 g/mol. The van der Waals surface area contributed by atoms with Crippen molar-refractivity contribution in [3.63, 3.8) is 0 Å². The van der Waals surface area contributed by atoms with Crippen molar-refractivity contribution in [1.29, 1.82) is 0 Å². The predicted molar refractivity (Wildman–Crippen MR) is 54.9 cm³/mol. The first-order valence-electron chi connectivity index (χ1n) is 4.23. The molecule has 2 nitrogen and oxygen atoms in total. The second-order valence-corrected chi connectivity index (χ2v) is 4.14. The molecule has 0 spiro atoms. The minimum atomic E-state index is 0.105. The van der Waals surface area contributed by atoms with Gasteiger partial charge in [-0.3, -0.25) is 0 Å². The van der Waals surface area contributed by atoms with Gasteiger partial charge in [-0.05, 0) is 18.6 Å². The largest absolute Gasteiger partial charge is 0.303 e. The smallest absolute Gasteiger partial charge is 0.123 e. The first-order chi connectivity index (χ1) is 6.22. The van der Waals surface area contributed by atoms with Gasteiger partial charge in [0.05, 0.1) is 5.03 Å². The van der Waals surface area contributed by atoms with Crippen LogP contribution < -0.4 is 0 Å². The van der Waals surface area contributed by atoms with Crippen LogP contribution in [0.25, 0.3) is 0 Å². The number of carbonyl (C=O) groups excluding carboxylic acids is 1. The molecule has 1 aromatic rings. The molecule has 0 radical (unpaired) electrons. The third-order valence-electron chi connectivity index (χ3n) is 1.61. The number of hydrogen-bond acceptors (Lipinski definition) is 3. The molecular formula is C10H13NOS. The Hall–Kier alpha value is -0.830. The lowest BCUT2D eigenvalue weighted by Gasteiger charge is -2.02. The molecule has 0 aliphatic heterocycles. The van der Waals surface area contributed by atoms with E-state index in [0.717, 1.165) is 22.6 Å². The molecule has 0 amide bonds. The standard InChI is InChI=1S/C10H13NOS/c1-8-3-4-10(11-5-8)13-7-9(2)6-12/h3-6,9H,7H2,1-2H3. The van der Waals surface area contributed by atoms with Gasteiger partial charge in [0.2, 0.25) is 0 Å². The Labute approximate surface area is 82.8 Å². The Balaban J connectivity index is 2.45. The zero-order chi connectivity index (χ0) is 9.68. The van der Waals surface area contributed by atoms with Crippen LogP contribution in [0.15, 0.2) is 23.4 Å². The minimum Gasteiger partial charge on any atom is -0.303 e. The van der Waals surface area contributed by atoms with Gasteiger partial charge in [0, 0.05) is 17.9 Å². The summed E-state index contributed by atoms with van der Waals surface area (Å²) < 4.78 is 0. The third-order valence-corrected chi connectivity index (χ3v) is 2.84. The van der Waals surface area contributed by atoms with E-state index in [9.17, 15) is 4.79 Å². The highest BCUT2D eigenvalue weighted by Crippen LogP contribution is 2.17. The average Bonchev–Trinajstić information content (AvgIpc) is 2.16. The molecule has 1 unspecified atom stereocenters. The normalized spacial score (nSPS) is 12.5. The lowest BCUT2D eigenvalue weighted by molar-refractivity contribution is -0.110. The Morgan fingerprint density at radius 1 is 1.62 bits per heavy atom. The van der Waals surface area contributed by atoms with Crippen LogP contribution in [-0.4, -0.2) is 17.0 Å². The summed E-state index contributed by atoms with van der Waals surface area (Å²) >= 11 is 1.62. The van der Waals surface area contributed by atoms with Crippen molar-refractivity contribution >= 4 is 18.0 Å². The molecule has 0 aliphatic rings. The molecule has 13 heavy (non-hydrogen) atoms. The molecular weight excluding hydrogens is 182 g/mol. The second-order valence-electron chi connectivity index (χ2n) is 3.10. The zero-order valence-corrected chi connectivity index (χ0v) is 8.67. The summed E-state index contributed by atoms with van der Waals surface area (Å²) in [6.07, 6.45) is 2.81. The Morgan fingerprint density at radius 2 is 2.38 bits per heavy atom. The number of aryl methyl sites for hydroxylation is 1. The van der Waals surface area contributed by atoms with Gasteiger partial charge in [-0.1, -0.05) is 13.0 Å². The highest BCUT2D eigenvalue weighted by atomic mass is 32.2. The minimum absolute atomic E-state index is 0.105. The summed E-state index contributed by atoms with van der Waals surface area (Å²) in [5, 5.41) is 0.985. The first kappa shape index (κ1) is 10.3. The van der Waals surface area contributed by atoms with Crippen molar-refractivity contribution in [2.24, 2.45) is 5.92 Å². The fraction of sp³-hybridized carbons (Fsp3) is 0.400. The fourth-order valence-electron chi connectivity index (χ4n) is 0.796. The average molecular weight is 195 g/mol. The van der Waals surface area contributed by atoms with Crippen LogP contribution in [-0.2, 0) is 4.79 Å². The summed E-state index contributed by atoms with van der Waals surface area (Å²) in [5.41, 5.74) is 1.16. The lowest BCUT2D eigenvalue weighted by atomic mass is 10.3. The number of hydrogen-bond donors (Lipinski definition) is 0. The van der Waals surface area contributed by atoms with Crippen molar-refractivity contribution in [2.45, 2.75) is 18.9 Å². The van der Waals surface area contributed by atoms with Crippen molar-refractivity contribution in [1.82, 2.24) is 4.98 Å². The van der Waals surface area contributed by atoms with Gasteiger partial charge in [-0.25, -0.2) is 4.98 Å². The van der Waals surface area contributed by atoms with E-state index in [1.807, 2.05) is 32.2 Å². The summed E-state index contributed by atoms with van der Waals surface area (Å²) in [7, 11) is 0. The van der Waals surface area contributed by atoms with E-state index in [1.54, 1.807) is 11.8 Å². The van der Waals surface area contributed by atoms with Gasteiger partial charge in [0.25, 0.3) is 0 Å². The quantitative estimate of drug-likeness (QED) is 0.545. The van der Waals surface area contributed by atoms with Crippen molar-refractivity contribution in [3.8, 4) is 0 Å². The molecule has 1 heterocycles. The number of aldehydes is 1. The Bertz CT molecular complexity index is 271. The molecule has 0 saturated heterocycles. The molecule has 0 aromatic carbocycles. The highest BCUT2D eigenvalue weighted by Gasteiger charge is 2.01. The fourth-order valence-corrected chi connectivity index (χ4v) is 1.60. The van der Waals surface area contributed by atoms with Gasteiger partial charge < -0.3 is 4.79 Å². The molecule has 1 rings (SSSR count). The third kappa shape index (κ3) is 3.59.